The fourth-order valence-corrected chi connectivity index (χ4v) is 2.58. The van der Waals surface area contributed by atoms with Crippen LogP contribution in [0.2, 0.25) is 0 Å². The van der Waals surface area contributed by atoms with Crippen molar-refractivity contribution in [2.45, 2.75) is 13.0 Å². The molecule has 3 rings (SSSR count). The average Bonchev–Trinajstić information content (AvgIpc) is 2.91. The van der Waals surface area contributed by atoms with E-state index in [-0.39, 0.29) is 0 Å². The van der Waals surface area contributed by atoms with Gasteiger partial charge in [0, 0.05) is 24.5 Å². The van der Waals surface area contributed by atoms with Gasteiger partial charge in [-0.15, -0.1) is 0 Å². The minimum absolute atomic E-state index is 0.509. The molecule has 0 N–H and O–H groups in total. The lowest BCUT2D eigenvalue weighted by Crippen LogP contribution is -2.25. The van der Waals surface area contributed by atoms with E-state index in [9.17, 15) is 0 Å². The molecular formula is C17H17N5. The molecule has 0 bridgehead atoms. The Kier molecular flexibility index (Phi) is 4.47. The molecule has 5 nitrogen and oxygen atoms in total. The lowest BCUT2D eigenvalue weighted by Gasteiger charge is -2.19. The summed E-state index contributed by atoms with van der Waals surface area (Å²) in [5.41, 5.74) is 11.9. The summed E-state index contributed by atoms with van der Waals surface area (Å²) in [4.78, 5) is 7.03. The maximum absolute atomic E-state index is 8.34. The summed E-state index contributed by atoms with van der Waals surface area (Å²) in [6.07, 6.45) is 0.810. The predicted molar refractivity (Wildman–Crippen MR) is 88.3 cm³/mol. The highest BCUT2D eigenvalue weighted by Crippen LogP contribution is 2.38. The van der Waals surface area contributed by atoms with Gasteiger partial charge in [0.1, 0.15) is 0 Å². The topological polar surface area (TPSA) is 55.2 Å². The first-order valence-corrected chi connectivity index (χ1v) is 7.33. The van der Waals surface area contributed by atoms with Crippen LogP contribution in [0.4, 0.5) is 11.4 Å². The third-order valence-corrected chi connectivity index (χ3v) is 3.59. The van der Waals surface area contributed by atoms with Gasteiger partial charge in [0.15, 0.2) is 0 Å². The van der Waals surface area contributed by atoms with E-state index in [1.54, 1.807) is 0 Å². The Balaban J connectivity index is 1.72. The number of nitrogens with zero attached hydrogens (tertiary/aromatic N) is 5. The molecule has 1 aliphatic rings. The number of hydrogen-bond acceptors (Lipinski definition) is 3. The zero-order valence-corrected chi connectivity index (χ0v) is 12.3. The molecule has 0 spiro atoms. The largest absolute Gasteiger partial charge is 0.340 e. The summed E-state index contributed by atoms with van der Waals surface area (Å²) < 4.78 is 0. The maximum Gasteiger partial charge on any atom is 0.209 e. The number of hydrogen-bond donors (Lipinski definition) is 0. The quantitative estimate of drug-likeness (QED) is 0.346. The van der Waals surface area contributed by atoms with Crippen molar-refractivity contribution in [3.05, 3.63) is 77.3 Å². The molecule has 0 saturated carbocycles. The highest BCUT2D eigenvalue weighted by molar-refractivity contribution is 5.78. The molecule has 2 aromatic rings. The molecular weight excluding hydrogens is 274 g/mol. The van der Waals surface area contributed by atoms with Gasteiger partial charge in [-0.05, 0) is 29.6 Å². The van der Waals surface area contributed by atoms with Gasteiger partial charge in [0.2, 0.25) is 6.67 Å². The molecule has 5 heteroatoms. The Bertz CT molecular complexity index is 664. The van der Waals surface area contributed by atoms with Gasteiger partial charge in [-0.1, -0.05) is 47.6 Å². The van der Waals surface area contributed by atoms with Crippen LogP contribution in [0.1, 0.15) is 12.0 Å². The average molecular weight is 291 g/mol. The zero-order valence-electron chi connectivity index (χ0n) is 12.3. The smallest absolute Gasteiger partial charge is 0.209 e. The minimum Gasteiger partial charge on any atom is -0.340 e. The molecule has 2 aromatic carbocycles. The van der Waals surface area contributed by atoms with E-state index in [0.29, 0.717) is 6.54 Å². The van der Waals surface area contributed by atoms with Crippen LogP contribution in [0, 0.1) is 6.67 Å². The van der Waals surface area contributed by atoms with Crippen LogP contribution in [0.5, 0.6) is 0 Å². The predicted octanol–water partition coefficient (Wildman–Crippen LogP) is 4.21. The molecule has 0 aromatic heterocycles. The molecule has 2 radical (unpaired) electrons. The Morgan fingerprint density at radius 1 is 0.955 bits per heavy atom. The van der Waals surface area contributed by atoms with Crippen molar-refractivity contribution in [3.8, 4) is 0 Å². The molecule has 22 heavy (non-hydrogen) atoms. The number of rotatable bonds is 6. The molecule has 0 atom stereocenters. The standard InChI is InChI=1S/C17H17N5/c18-20-19-11-6-12-21-14-22(13-15-7-2-1-3-8-15)17-10-5-4-9-16(17)21/h1-5,7-10H,6,11-13H2. The number of para-hydroxylation sites is 2. The van der Waals surface area contributed by atoms with Crippen LogP contribution in [0.25, 0.3) is 10.4 Å². The Hall–Kier alpha value is -2.65. The number of fused-ring (bicyclic) bond motifs is 1. The molecule has 1 heterocycles. The van der Waals surface area contributed by atoms with Gasteiger partial charge in [-0.25, -0.2) is 0 Å². The highest BCUT2D eigenvalue weighted by Gasteiger charge is 2.26. The molecule has 0 aliphatic carbocycles. The lowest BCUT2D eigenvalue weighted by atomic mass is 10.2. The van der Waals surface area contributed by atoms with E-state index in [4.69, 9.17) is 5.53 Å². The Labute approximate surface area is 130 Å². The van der Waals surface area contributed by atoms with Crippen LogP contribution in [0.15, 0.2) is 59.7 Å². The van der Waals surface area contributed by atoms with Gasteiger partial charge < -0.3 is 9.80 Å². The normalized spacial score (nSPS) is 12.9. The van der Waals surface area contributed by atoms with Crippen molar-refractivity contribution in [2.24, 2.45) is 5.11 Å². The summed E-state index contributed by atoms with van der Waals surface area (Å²) in [5, 5.41) is 3.59. The molecule has 0 amide bonds. The van der Waals surface area contributed by atoms with Crippen LogP contribution in [-0.2, 0) is 6.54 Å². The van der Waals surface area contributed by atoms with E-state index in [2.05, 4.69) is 62.9 Å². The molecule has 0 saturated heterocycles. The Morgan fingerprint density at radius 3 is 2.36 bits per heavy atom. The minimum atomic E-state index is 0.509. The van der Waals surface area contributed by atoms with E-state index in [1.807, 2.05) is 18.2 Å². The summed E-state index contributed by atoms with van der Waals surface area (Å²) in [7, 11) is 0. The summed E-state index contributed by atoms with van der Waals surface area (Å²) >= 11 is 0. The van der Waals surface area contributed by atoms with E-state index in [0.717, 1.165) is 30.9 Å². The van der Waals surface area contributed by atoms with E-state index >= 15 is 0 Å². The third kappa shape index (κ3) is 3.15. The Morgan fingerprint density at radius 2 is 1.64 bits per heavy atom. The van der Waals surface area contributed by atoms with Gasteiger partial charge in [-0.3, -0.25) is 0 Å². The number of benzene rings is 2. The first-order chi connectivity index (χ1) is 10.9. The summed E-state index contributed by atoms with van der Waals surface area (Å²) in [6.45, 7) is 5.51. The highest BCUT2D eigenvalue weighted by atomic mass is 15.4. The van der Waals surface area contributed by atoms with Crippen molar-refractivity contribution >= 4 is 11.4 Å². The first kappa shape index (κ1) is 14.3. The fraction of sp³-hybridized carbons (Fsp3) is 0.235. The maximum atomic E-state index is 8.34. The number of azide groups is 1. The fourth-order valence-electron chi connectivity index (χ4n) is 2.58. The second kappa shape index (κ2) is 6.87. The molecule has 0 fully saturated rings. The third-order valence-electron chi connectivity index (χ3n) is 3.59. The van der Waals surface area contributed by atoms with Crippen LogP contribution >= 0.6 is 0 Å². The van der Waals surface area contributed by atoms with E-state index in [1.165, 1.54) is 5.56 Å². The van der Waals surface area contributed by atoms with Crippen molar-refractivity contribution in [2.75, 3.05) is 22.9 Å². The second-order valence-electron chi connectivity index (χ2n) is 5.12. The SMILES string of the molecule is [N-]=[N+]=NCCCN1[C]N(Cc2ccccc2)c2ccccc21. The van der Waals surface area contributed by atoms with Gasteiger partial charge >= 0.3 is 0 Å². The van der Waals surface area contributed by atoms with Crippen molar-refractivity contribution in [3.63, 3.8) is 0 Å². The van der Waals surface area contributed by atoms with Gasteiger partial charge in [0.05, 0.1) is 11.4 Å². The van der Waals surface area contributed by atoms with E-state index < -0.39 is 0 Å². The first-order valence-electron chi connectivity index (χ1n) is 7.33. The van der Waals surface area contributed by atoms with Crippen molar-refractivity contribution in [1.29, 1.82) is 0 Å². The summed E-state index contributed by atoms with van der Waals surface area (Å²) in [5.74, 6) is 0. The van der Waals surface area contributed by atoms with Crippen molar-refractivity contribution in [1.82, 2.24) is 0 Å². The second-order valence-corrected chi connectivity index (χ2v) is 5.12. The monoisotopic (exact) mass is 291 g/mol. The van der Waals surface area contributed by atoms with Gasteiger partial charge in [0.25, 0.3) is 0 Å². The van der Waals surface area contributed by atoms with Crippen LogP contribution < -0.4 is 9.80 Å². The van der Waals surface area contributed by atoms with Crippen LogP contribution in [0.3, 0.4) is 0 Å². The summed E-state index contributed by atoms with van der Waals surface area (Å²) in [6, 6.07) is 18.7. The lowest BCUT2D eigenvalue weighted by molar-refractivity contribution is 0.776. The number of anilines is 2. The molecule has 1 aliphatic heterocycles. The molecule has 110 valence electrons. The van der Waals surface area contributed by atoms with Crippen LogP contribution in [-0.4, -0.2) is 13.1 Å². The zero-order chi connectivity index (χ0) is 15.2. The van der Waals surface area contributed by atoms with Gasteiger partial charge in [-0.2, -0.15) is 0 Å². The molecule has 0 unspecified atom stereocenters. The van der Waals surface area contributed by atoms with Crippen molar-refractivity contribution < 1.29 is 0 Å².